The number of fused-ring (bicyclic) bond motifs is 3. The van der Waals surface area contributed by atoms with Gasteiger partial charge >= 0.3 is 0 Å². The molecule has 4 unspecified atom stereocenters. The average molecular weight is 441 g/mol. The van der Waals surface area contributed by atoms with Crippen LogP contribution in [0.25, 0.3) is 0 Å². The molecule has 0 aromatic heterocycles. The Kier molecular flexibility index (Phi) is 9.38. The minimum atomic E-state index is -0.150. The van der Waals surface area contributed by atoms with Crippen LogP contribution in [-0.2, 0) is 14.4 Å². The van der Waals surface area contributed by atoms with E-state index in [1.165, 1.54) is 24.2 Å². The average Bonchev–Trinajstić information content (AvgIpc) is 3.14. The molecule has 2 N–H and O–H groups in total. The number of amides is 1. The molecule has 7 heteroatoms. The topological polar surface area (TPSA) is 80.5 Å². The summed E-state index contributed by atoms with van der Waals surface area (Å²) in [7, 11) is 3.86. The summed E-state index contributed by atoms with van der Waals surface area (Å²) in [6.45, 7) is 0.421. The predicted molar refractivity (Wildman–Crippen MR) is 121 cm³/mol. The lowest BCUT2D eigenvalue weighted by molar-refractivity contribution is -0.140. The molecule has 5 nitrogen and oxygen atoms in total. The second kappa shape index (κ2) is 11.8. The molecule has 1 aliphatic heterocycles. The lowest BCUT2D eigenvalue weighted by atomic mass is 9.82. The van der Waals surface area contributed by atoms with Crippen LogP contribution in [0.3, 0.4) is 0 Å². The molecule has 29 heavy (non-hydrogen) atoms. The molecule has 2 aliphatic carbocycles. The van der Waals surface area contributed by atoms with E-state index in [0.29, 0.717) is 11.8 Å². The molecule has 4 atom stereocenters. The Labute approximate surface area is 183 Å². The normalized spacial score (nSPS) is 32.8. The molecule has 164 valence electrons. The van der Waals surface area contributed by atoms with Gasteiger partial charge in [0.25, 0.3) is 0 Å². The first-order valence-electron chi connectivity index (χ1n) is 11.4. The fraction of sp³-hybridized carbons (Fsp3) is 0.864. The summed E-state index contributed by atoms with van der Waals surface area (Å²) < 4.78 is 0. The highest BCUT2D eigenvalue weighted by molar-refractivity contribution is 8.76. The van der Waals surface area contributed by atoms with Crippen LogP contribution in [0.2, 0.25) is 0 Å². The van der Waals surface area contributed by atoms with Crippen molar-refractivity contribution < 1.29 is 14.4 Å². The van der Waals surface area contributed by atoms with E-state index in [1.807, 2.05) is 21.6 Å². The molecule has 0 radical (unpaired) electrons. The number of carbonyl (C=O) groups is 3. The Balaban J connectivity index is 1.78. The summed E-state index contributed by atoms with van der Waals surface area (Å²) in [6, 6.07) is 0. The molecule has 1 saturated heterocycles. The van der Waals surface area contributed by atoms with Crippen LogP contribution < -0.4 is 5.73 Å². The molecule has 1 amide bonds. The molecule has 0 spiro atoms. The summed E-state index contributed by atoms with van der Waals surface area (Å²) >= 11 is 0. The number of nitrogens with two attached hydrogens (primary N) is 1. The second-order valence-electron chi connectivity index (χ2n) is 9.02. The van der Waals surface area contributed by atoms with Gasteiger partial charge < -0.3 is 10.6 Å². The maximum atomic E-state index is 13.2. The molecule has 2 bridgehead atoms. The molecule has 2 saturated carbocycles. The lowest BCUT2D eigenvalue weighted by Crippen LogP contribution is -2.44. The number of carbonyl (C=O) groups excluding carboxylic acids is 3. The number of Topliss-reactive ketones (excluding diaryl/α,β-unsaturated/α-hetero) is 2. The Hall–Kier alpha value is -0.530. The summed E-state index contributed by atoms with van der Waals surface area (Å²) in [6.07, 6.45) is 9.92. The van der Waals surface area contributed by atoms with E-state index in [0.717, 1.165) is 50.0 Å². The van der Waals surface area contributed by atoms with Gasteiger partial charge in [-0.15, -0.1) is 0 Å². The van der Waals surface area contributed by atoms with Gasteiger partial charge in [-0.25, -0.2) is 0 Å². The monoisotopic (exact) mass is 440 g/mol. The molecule has 3 rings (SSSR count). The van der Waals surface area contributed by atoms with Crippen LogP contribution in [0.4, 0.5) is 0 Å². The summed E-state index contributed by atoms with van der Waals surface area (Å²) in [5, 5.41) is 0. The van der Waals surface area contributed by atoms with Crippen LogP contribution >= 0.6 is 21.6 Å². The minimum absolute atomic E-state index is 0.0244. The van der Waals surface area contributed by atoms with Gasteiger partial charge in [0.05, 0.1) is 13.1 Å². The molecule has 3 fully saturated rings. The van der Waals surface area contributed by atoms with Crippen molar-refractivity contribution in [2.75, 3.05) is 31.1 Å². The number of nitrogens with zero attached hydrogens (tertiary/aromatic N) is 1. The Morgan fingerprint density at radius 2 is 1.69 bits per heavy atom. The highest BCUT2D eigenvalue weighted by Crippen LogP contribution is 2.40. The van der Waals surface area contributed by atoms with E-state index in [9.17, 15) is 14.4 Å². The number of hydrogen-bond acceptors (Lipinski definition) is 6. The minimum Gasteiger partial charge on any atom is -0.330 e. The first-order chi connectivity index (χ1) is 14.1. The zero-order chi connectivity index (χ0) is 20.6. The third-order valence-electron chi connectivity index (χ3n) is 6.88. The van der Waals surface area contributed by atoms with E-state index in [-0.39, 0.29) is 55.4 Å². The van der Waals surface area contributed by atoms with Gasteiger partial charge in [-0.05, 0) is 43.9 Å². The summed E-state index contributed by atoms with van der Waals surface area (Å²) in [5.74, 6) is 3.31. The number of ketones is 2. The molecule has 0 aromatic carbocycles. The van der Waals surface area contributed by atoms with E-state index in [4.69, 9.17) is 5.73 Å². The van der Waals surface area contributed by atoms with Gasteiger partial charge in [0.1, 0.15) is 0 Å². The highest BCUT2D eigenvalue weighted by Gasteiger charge is 2.35. The quantitative estimate of drug-likeness (QED) is 0.660. The first kappa shape index (κ1) is 23.1. The molecule has 0 aromatic rings. The zero-order valence-electron chi connectivity index (χ0n) is 17.5. The predicted octanol–water partition coefficient (Wildman–Crippen LogP) is 3.70. The molecular weight excluding hydrogens is 404 g/mol. The molecule has 1 heterocycles. The smallest absolute Gasteiger partial charge is 0.224 e. The van der Waals surface area contributed by atoms with Crippen molar-refractivity contribution in [1.29, 1.82) is 0 Å². The third kappa shape index (κ3) is 6.73. The Morgan fingerprint density at radius 1 is 0.931 bits per heavy atom. The van der Waals surface area contributed by atoms with Gasteiger partial charge in [0.15, 0.2) is 11.6 Å². The van der Waals surface area contributed by atoms with Crippen molar-refractivity contribution in [3.05, 3.63) is 0 Å². The molecule has 3 aliphatic rings. The van der Waals surface area contributed by atoms with E-state index in [1.54, 1.807) is 0 Å². The standard InChI is InChI=1S/C22H36N2O3S2/c23-10-9-22(27)24-12-20(25)17-6-3-1-2-5-16(11-17)14-28-29-15-18-7-4-8-19(18)21(26)13-24/h16-19H,1-15,23H2. The van der Waals surface area contributed by atoms with Gasteiger partial charge in [-0.2, -0.15) is 0 Å². The van der Waals surface area contributed by atoms with Crippen molar-refractivity contribution in [2.24, 2.45) is 29.4 Å². The van der Waals surface area contributed by atoms with Crippen molar-refractivity contribution in [3.63, 3.8) is 0 Å². The Bertz CT molecular complexity index is 586. The summed E-state index contributed by atoms with van der Waals surface area (Å²) in [4.78, 5) is 40.4. The van der Waals surface area contributed by atoms with Crippen LogP contribution in [0.15, 0.2) is 0 Å². The van der Waals surface area contributed by atoms with E-state index >= 15 is 0 Å². The highest BCUT2D eigenvalue weighted by atomic mass is 33.1. The van der Waals surface area contributed by atoms with Crippen LogP contribution in [0, 0.1) is 23.7 Å². The van der Waals surface area contributed by atoms with Gasteiger partial charge in [0.2, 0.25) is 5.91 Å². The molecular formula is C22H36N2O3S2. The number of rotatable bonds is 2. The lowest BCUT2D eigenvalue weighted by Gasteiger charge is -2.30. The Morgan fingerprint density at radius 3 is 2.52 bits per heavy atom. The van der Waals surface area contributed by atoms with E-state index in [2.05, 4.69) is 0 Å². The van der Waals surface area contributed by atoms with Gasteiger partial charge in [0, 0.05) is 36.3 Å². The number of hydrogen-bond donors (Lipinski definition) is 1. The zero-order valence-corrected chi connectivity index (χ0v) is 19.1. The van der Waals surface area contributed by atoms with E-state index < -0.39 is 0 Å². The van der Waals surface area contributed by atoms with Crippen molar-refractivity contribution in [1.82, 2.24) is 4.90 Å². The fourth-order valence-corrected chi connectivity index (χ4v) is 8.10. The second-order valence-corrected chi connectivity index (χ2v) is 11.6. The third-order valence-corrected chi connectivity index (χ3v) is 9.54. The van der Waals surface area contributed by atoms with Crippen molar-refractivity contribution >= 4 is 39.1 Å². The maximum Gasteiger partial charge on any atom is 0.224 e. The summed E-state index contributed by atoms with van der Waals surface area (Å²) in [5.41, 5.74) is 5.60. The fourth-order valence-electron chi connectivity index (χ4n) is 5.16. The van der Waals surface area contributed by atoms with Crippen LogP contribution in [0.1, 0.15) is 64.2 Å². The van der Waals surface area contributed by atoms with Crippen molar-refractivity contribution in [2.45, 2.75) is 64.2 Å². The first-order valence-corrected chi connectivity index (χ1v) is 13.8. The maximum absolute atomic E-state index is 13.2. The SMILES string of the molecule is NCCC(=O)N1CC(=O)C2CCCCCC(CSSCC3CCCC3C(=O)C1)C2. The van der Waals surface area contributed by atoms with Gasteiger partial charge in [-0.3, -0.25) is 14.4 Å². The van der Waals surface area contributed by atoms with Crippen LogP contribution in [-0.4, -0.2) is 53.5 Å². The van der Waals surface area contributed by atoms with Crippen LogP contribution in [0.5, 0.6) is 0 Å². The van der Waals surface area contributed by atoms with Crippen molar-refractivity contribution in [3.8, 4) is 0 Å². The van der Waals surface area contributed by atoms with Gasteiger partial charge in [-0.1, -0.05) is 47.3 Å². The largest absolute Gasteiger partial charge is 0.330 e.